The molecular formula is C11H16N2O5S. The minimum Gasteiger partial charge on any atom is -0.468 e. The highest BCUT2D eigenvalue weighted by Crippen LogP contribution is 2.42. The predicted molar refractivity (Wildman–Crippen MR) is 67.0 cm³/mol. The lowest BCUT2D eigenvalue weighted by molar-refractivity contribution is -0.165. The van der Waals surface area contributed by atoms with Gasteiger partial charge in [-0.05, 0) is 0 Å². The van der Waals surface area contributed by atoms with Gasteiger partial charge in [0.2, 0.25) is 5.91 Å². The number of nitrogens with two attached hydrogens (primary N) is 1. The molecule has 2 aliphatic heterocycles. The summed E-state index contributed by atoms with van der Waals surface area (Å²) in [4.78, 5) is 36.1. The fraction of sp³-hybridized carbons (Fsp3) is 0.727. The molecule has 2 N–H and O–H groups in total. The fourth-order valence-electron chi connectivity index (χ4n) is 2.25. The lowest BCUT2D eigenvalue weighted by Crippen LogP contribution is -2.72. The van der Waals surface area contributed by atoms with Crippen molar-refractivity contribution in [2.45, 2.75) is 18.3 Å². The molecule has 0 aromatic rings. The number of amides is 1. The van der Waals surface area contributed by atoms with E-state index >= 15 is 0 Å². The number of esters is 2. The van der Waals surface area contributed by atoms with Gasteiger partial charge in [0.15, 0.2) is 0 Å². The highest BCUT2D eigenvalue weighted by Gasteiger charge is 2.56. The predicted octanol–water partition coefficient (Wildman–Crippen LogP) is -1.05. The number of rotatable bonds is 3. The van der Waals surface area contributed by atoms with Crippen LogP contribution in [-0.2, 0) is 23.9 Å². The second kappa shape index (κ2) is 5.01. The molecule has 0 aromatic carbocycles. The van der Waals surface area contributed by atoms with Gasteiger partial charge in [-0.1, -0.05) is 0 Å². The average molecular weight is 288 g/mol. The third kappa shape index (κ3) is 2.30. The van der Waals surface area contributed by atoms with Crippen molar-refractivity contribution in [2.75, 3.05) is 26.0 Å². The van der Waals surface area contributed by atoms with Gasteiger partial charge >= 0.3 is 11.9 Å². The molecule has 19 heavy (non-hydrogen) atoms. The van der Waals surface area contributed by atoms with Gasteiger partial charge in [-0.3, -0.25) is 14.4 Å². The number of β-lactam (4-membered cyclic amide) rings is 1. The van der Waals surface area contributed by atoms with E-state index in [1.165, 1.54) is 25.8 Å². The number of carbonyl (C=O) groups is 3. The van der Waals surface area contributed by atoms with Crippen LogP contribution in [0, 0.1) is 5.41 Å². The Morgan fingerprint density at radius 1 is 1.58 bits per heavy atom. The van der Waals surface area contributed by atoms with Crippen molar-refractivity contribution in [3.8, 4) is 0 Å². The number of ether oxygens (including phenoxy) is 2. The van der Waals surface area contributed by atoms with E-state index in [0.717, 1.165) is 0 Å². The number of nitrogens with zero attached hydrogens (tertiary/aromatic N) is 1. The molecule has 2 unspecified atom stereocenters. The Morgan fingerprint density at radius 2 is 2.26 bits per heavy atom. The van der Waals surface area contributed by atoms with E-state index in [1.807, 2.05) is 0 Å². The van der Waals surface area contributed by atoms with Crippen molar-refractivity contribution in [1.82, 2.24) is 4.90 Å². The van der Waals surface area contributed by atoms with Crippen LogP contribution in [0.4, 0.5) is 0 Å². The van der Waals surface area contributed by atoms with Crippen LogP contribution in [0.3, 0.4) is 0 Å². The summed E-state index contributed by atoms with van der Waals surface area (Å²) in [6, 6.07) is -0.505. The van der Waals surface area contributed by atoms with Gasteiger partial charge in [0.25, 0.3) is 0 Å². The minimum atomic E-state index is -1.00. The number of thioether (sulfide) groups is 1. The second-order valence-corrected chi connectivity index (χ2v) is 5.85. The highest BCUT2D eigenvalue weighted by atomic mass is 32.2. The molecule has 2 saturated heterocycles. The maximum absolute atomic E-state index is 12.0. The summed E-state index contributed by atoms with van der Waals surface area (Å²) in [5.74, 6) is -0.724. The van der Waals surface area contributed by atoms with Crippen molar-refractivity contribution >= 4 is 29.6 Å². The highest BCUT2D eigenvalue weighted by molar-refractivity contribution is 8.00. The third-order valence-electron chi connectivity index (χ3n) is 3.36. The molecule has 2 rings (SSSR count). The molecule has 7 nitrogen and oxygen atoms in total. The van der Waals surface area contributed by atoms with Crippen molar-refractivity contribution in [3.05, 3.63) is 0 Å². The molecule has 2 aliphatic rings. The summed E-state index contributed by atoms with van der Waals surface area (Å²) >= 11 is 1.42. The van der Waals surface area contributed by atoms with E-state index in [2.05, 4.69) is 0 Å². The number of hydrogen-bond acceptors (Lipinski definition) is 7. The van der Waals surface area contributed by atoms with E-state index < -0.39 is 23.4 Å². The summed E-state index contributed by atoms with van der Waals surface area (Å²) in [6.45, 7) is 1.36. The lowest BCUT2D eigenvalue weighted by atomic mass is 9.88. The van der Waals surface area contributed by atoms with Crippen LogP contribution >= 0.6 is 11.8 Å². The standard InChI is InChI=1S/C11H16N2O5S/c1-6(14)18-4-11(10(16)17-2)3-13-8(15)7(12)9(13)19-5-11/h7,9H,3-5,12H2,1-2H3/t7?,9-,11?/m1/s1. The van der Waals surface area contributed by atoms with Crippen LogP contribution in [0.1, 0.15) is 6.92 Å². The molecule has 0 radical (unpaired) electrons. The first kappa shape index (κ1) is 14.1. The van der Waals surface area contributed by atoms with E-state index in [1.54, 1.807) is 4.90 Å². The zero-order chi connectivity index (χ0) is 14.2. The van der Waals surface area contributed by atoms with Crippen molar-refractivity contribution in [1.29, 1.82) is 0 Å². The summed E-state index contributed by atoms with van der Waals surface area (Å²) in [6.07, 6.45) is 0. The van der Waals surface area contributed by atoms with Crippen molar-refractivity contribution in [3.63, 3.8) is 0 Å². The number of carbonyl (C=O) groups excluding carboxylic acids is 3. The quantitative estimate of drug-likeness (QED) is 0.522. The van der Waals surface area contributed by atoms with Crippen LogP contribution in [0.25, 0.3) is 0 Å². The van der Waals surface area contributed by atoms with Crippen LogP contribution in [0.5, 0.6) is 0 Å². The number of fused-ring (bicyclic) bond motifs is 1. The zero-order valence-corrected chi connectivity index (χ0v) is 11.6. The summed E-state index contributed by atoms with van der Waals surface area (Å²) in [7, 11) is 1.28. The minimum absolute atomic E-state index is 0.0895. The zero-order valence-electron chi connectivity index (χ0n) is 10.8. The summed E-state index contributed by atoms with van der Waals surface area (Å²) in [5, 5.41) is -0.0948. The van der Waals surface area contributed by atoms with E-state index in [9.17, 15) is 14.4 Å². The topological polar surface area (TPSA) is 98.9 Å². The van der Waals surface area contributed by atoms with E-state index in [-0.39, 0.29) is 24.4 Å². The van der Waals surface area contributed by atoms with E-state index in [0.29, 0.717) is 5.75 Å². The lowest BCUT2D eigenvalue weighted by Gasteiger charge is -2.52. The largest absolute Gasteiger partial charge is 0.468 e. The summed E-state index contributed by atoms with van der Waals surface area (Å²) in [5.41, 5.74) is 4.68. The number of methoxy groups -OCH3 is 1. The number of hydrogen-bond donors (Lipinski definition) is 1. The smallest absolute Gasteiger partial charge is 0.317 e. The molecule has 1 amide bonds. The van der Waals surface area contributed by atoms with E-state index in [4.69, 9.17) is 15.2 Å². The van der Waals surface area contributed by atoms with Crippen LogP contribution < -0.4 is 5.73 Å². The first-order valence-corrected chi connectivity index (χ1v) is 6.85. The van der Waals surface area contributed by atoms with Crippen molar-refractivity contribution in [2.24, 2.45) is 11.1 Å². The summed E-state index contributed by atoms with van der Waals surface area (Å²) < 4.78 is 9.74. The Hall–Kier alpha value is -1.28. The van der Waals surface area contributed by atoms with Crippen LogP contribution in [-0.4, -0.2) is 60.2 Å². The Morgan fingerprint density at radius 3 is 2.84 bits per heavy atom. The molecule has 0 aliphatic carbocycles. The molecule has 106 valence electrons. The normalized spacial score (nSPS) is 33.2. The molecule has 0 bridgehead atoms. The Bertz CT molecular complexity index is 429. The van der Waals surface area contributed by atoms with Gasteiger partial charge in [-0.15, -0.1) is 11.8 Å². The second-order valence-electron chi connectivity index (χ2n) is 4.75. The maximum atomic E-state index is 12.0. The monoisotopic (exact) mass is 288 g/mol. The Balaban J connectivity index is 2.13. The van der Waals surface area contributed by atoms with Gasteiger partial charge in [-0.25, -0.2) is 0 Å². The van der Waals surface area contributed by atoms with Gasteiger partial charge in [0.05, 0.1) is 7.11 Å². The van der Waals surface area contributed by atoms with Crippen LogP contribution in [0.2, 0.25) is 0 Å². The van der Waals surface area contributed by atoms with Crippen LogP contribution in [0.15, 0.2) is 0 Å². The Labute approximate surface area is 114 Å². The van der Waals surface area contributed by atoms with Gasteiger partial charge < -0.3 is 20.1 Å². The van der Waals surface area contributed by atoms with Crippen molar-refractivity contribution < 1.29 is 23.9 Å². The molecular weight excluding hydrogens is 272 g/mol. The molecule has 0 spiro atoms. The average Bonchev–Trinajstić information content (AvgIpc) is 2.42. The first-order chi connectivity index (χ1) is 8.91. The molecule has 0 saturated carbocycles. The Kier molecular flexibility index (Phi) is 3.73. The fourth-order valence-corrected chi connectivity index (χ4v) is 3.72. The molecule has 0 aromatic heterocycles. The first-order valence-electron chi connectivity index (χ1n) is 5.81. The molecule has 3 atom stereocenters. The third-order valence-corrected chi connectivity index (χ3v) is 4.96. The SMILES string of the molecule is COC(=O)C1(COC(C)=O)CS[C@@H]2C(N)C(=O)N2C1. The maximum Gasteiger partial charge on any atom is 0.317 e. The molecule has 2 heterocycles. The van der Waals surface area contributed by atoms with Gasteiger partial charge in [0.1, 0.15) is 23.4 Å². The van der Waals surface area contributed by atoms with Gasteiger partial charge in [-0.2, -0.15) is 0 Å². The molecule has 8 heteroatoms. The molecule has 2 fully saturated rings. The van der Waals surface area contributed by atoms with Gasteiger partial charge in [0, 0.05) is 19.2 Å².